The fraction of sp³-hybridized carbons (Fsp3) is 0.343. The van der Waals surface area contributed by atoms with E-state index in [2.05, 4.69) is 121 Å². The molecule has 0 amide bonds. The van der Waals surface area contributed by atoms with Crippen LogP contribution in [0.3, 0.4) is 0 Å². The van der Waals surface area contributed by atoms with Gasteiger partial charge in [-0.15, -0.1) is 0 Å². The smallest absolute Gasteiger partial charge is 0.134 e. The van der Waals surface area contributed by atoms with E-state index in [1.54, 1.807) is 18.9 Å². The third-order valence-corrected chi connectivity index (χ3v) is 6.93. The lowest BCUT2D eigenvalue weighted by Gasteiger charge is -2.18. The summed E-state index contributed by atoms with van der Waals surface area (Å²) in [5, 5.41) is 2.36. The summed E-state index contributed by atoms with van der Waals surface area (Å²) in [7, 11) is 0. The molecular weight excluding hydrogens is 480 g/mol. The molecule has 3 aromatic carbocycles. The lowest BCUT2D eigenvalue weighted by atomic mass is 9.86. The number of hydrogen-bond acceptors (Lipinski definition) is 3. The van der Waals surface area contributed by atoms with E-state index < -0.39 is 0 Å². The summed E-state index contributed by atoms with van der Waals surface area (Å²) >= 11 is 0. The first-order valence-corrected chi connectivity index (χ1v) is 13.6. The Labute approximate surface area is 232 Å². The highest BCUT2D eigenvalue weighted by Gasteiger charge is 2.15. The third-order valence-electron chi connectivity index (χ3n) is 6.93. The van der Waals surface area contributed by atoms with Gasteiger partial charge >= 0.3 is 0 Å². The van der Waals surface area contributed by atoms with E-state index in [4.69, 9.17) is 8.83 Å². The maximum Gasteiger partial charge on any atom is 0.134 e. The monoisotopic (exact) mass is 522 g/mol. The van der Waals surface area contributed by atoms with Crippen LogP contribution in [0, 0.1) is 0 Å². The number of nitrogens with zero attached hydrogens (tertiary/aromatic N) is 1. The molecule has 0 radical (unpaired) electrons. The predicted octanol–water partition coefficient (Wildman–Crippen LogP) is 10.3. The van der Waals surface area contributed by atoms with Crippen molar-refractivity contribution in [2.75, 3.05) is 0 Å². The molecule has 204 valence electrons. The lowest BCUT2D eigenvalue weighted by Crippen LogP contribution is -2.10. The highest BCUT2D eigenvalue weighted by molar-refractivity contribution is 5.78. The topological polar surface area (TPSA) is 55.0 Å². The van der Waals surface area contributed by atoms with Crippen LogP contribution in [-0.2, 0) is 16.2 Å². The highest BCUT2D eigenvalue weighted by atomic mass is 16.3. The van der Waals surface area contributed by atoms with E-state index in [0.717, 1.165) is 22.2 Å². The van der Waals surface area contributed by atoms with Gasteiger partial charge in [-0.3, -0.25) is 0 Å². The van der Waals surface area contributed by atoms with E-state index in [-0.39, 0.29) is 16.2 Å². The van der Waals surface area contributed by atoms with Gasteiger partial charge in [0.2, 0.25) is 0 Å². The molecule has 0 aliphatic carbocycles. The summed E-state index contributed by atoms with van der Waals surface area (Å²) in [5.74, 6) is 0. The number of benzene rings is 3. The molecule has 6 aromatic rings. The second-order valence-corrected chi connectivity index (χ2v) is 13.2. The van der Waals surface area contributed by atoms with Gasteiger partial charge in [-0.25, -0.2) is 4.98 Å². The van der Waals surface area contributed by atoms with Crippen molar-refractivity contribution in [3.8, 4) is 0 Å². The van der Waals surface area contributed by atoms with Crippen molar-refractivity contribution in [3.63, 3.8) is 0 Å². The van der Waals surface area contributed by atoms with Crippen LogP contribution in [0.15, 0.2) is 94.4 Å². The molecule has 6 rings (SSSR count). The zero-order valence-corrected chi connectivity index (χ0v) is 24.8. The second-order valence-electron chi connectivity index (χ2n) is 13.2. The number of aromatic amines is 1. The van der Waals surface area contributed by atoms with Crippen molar-refractivity contribution < 1.29 is 8.83 Å². The number of imidazole rings is 1. The normalized spacial score (nSPS) is 12.2. The Kier molecular flexibility index (Phi) is 7.79. The average molecular weight is 523 g/mol. The number of furan rings is 2. The molecule has 0 saturated heterocycles. The van der Waals surface area contributed by atoms with Crippen LogP contribution in [0.25, 0.3) is 33.0 Å². The van der Waals surface area contributed by atoms with Crippen molar-refractivity contribution in [3.05, 3.63) is 102 Å². The molecule has 0 saturated carbocycles. The molecule has 0 fully saturated rings. The highest BCUT2D eigenvalue weighted by Crippen LogP contribution is 2.28. The molecule has 39 heavy (non-hydrogen) atoms. The van der Waals surface area contributed by atoms with Crippen LogP contribution in [-0.4, -0.2) is 9.97 Å². The molecule has 0 unspecified atom stereocenters. The Hall–Kier alpha value is -3.79. The van der Waals surface area contributed by atoms with Gasteiger partial charge in [0.15, 0.2) is 0 Å². The van der Waals surface area contributed by atoms with E-state index in [1.807, 2.05) is 18.2 Å². The van der Waals surface area contributed by atoms with Crippen LogP contribution >= 0.6 is 0 Å². The first-order valence-electron chi connectivity index (χ1n) is 13.6. The largest absolute Gasteiger partial charge is 0.464 e. The van der Waals surface area contributed by atoms with Crippen molar-refractivity contribution in [1.82, 2.24) is 9.97 Å². The van der Waals surface area contributed by atoms with E-state index in [9.17, 15) is 0 Å². The predicted molar refractivity (Wildman–Crippen MR) is 165 cm³/mol. The van der Waals surface area contributed by atoms with Crippen molar-refractivity contribution >= 4 is 33.0 Å². The minimum atomic E-state index is 0.195. The Bertz CT molecular complexity index is 1460. The molecule has 3 heterocycles. The number of hydrogen-bond donors (Lipinski definition) is 1. The van der Waals surface area contributed by atoms with Crippen molar-refractivity contribution in [2.45, 2.75) is 78.6 Å². The Morgan fingerprint density at radius 2 is 1.08 bits per heavy atom. The first kappa shape index (κ1) is 28.2. The molecule has 1 N–H and O–H groups in total. The maximum atomic E-state index is 5.35. The summed E-state index contributed by atoms with van der Waals surface area (Å²) in [6, 6.07) is 23.1. The van der Waals surface area contributed by atoms with Crippen molar-refractivity contribution in [1.29, 1.82) is 0 Å². The fourth-order valence-electron chi connectivity index (χ4n) is 4.26. The Balaban J connectivity index is 0.000000136. The first-order chi connectivity index (χ1) is 18.2. The molecule has 3 aromatic heterocycles. The number of H-pyrrole nitrogens is 1. The number of fused-ring (bicyclic) bond motifs is 3. The van der Waals surface area contributed by atoms with Gasteiger partial charge in [0.05, 0.1) is 29.9 Å². The van der Waals surface area contributed by atoms with Gasteiger partial charge in [-0.2, -0.15) is 0 Å². The standard InChI is InChI=1S/2C12H14O.C11H14N2/c1-12(2,3)10-4-5-11-9(8-10)6-7-13-11;1-12(2,3)10-5-4-9-6-7-13-11(9)8-10;1-11(2,3)8-4-5-9-10(6-8)13-7-12-9/h2*4-8H,1-3H3;4-7H,1-3H3,(H,12,13). The van der Waals surface area contributed by atoms with Gasteiger partial charge in [-0.1, -0.05) is 86.6 Å². The lowest BCUT2D eigenvalue weighted by molar-refractivity contribution is 0.583. The van der Waals surface area contributed by atoms with Gasteiger partial charge in [0.25, 0.3) is 0 Å². The van der Waals surface area contributed by atoms with Gasteiger partial charge < -0.3 is 13.8 Å². The minimum Gasteiger partial charge on any atom is -0.464 e. The summed E-state index contributed by atoms with van der Waals surface area (Å²) in [6.45, 7) is 19.9. The summed E-state index contributed by atoms with van der Waals surface area (Å²) in [4.78, 5) is 7.31. The Morgan fingerprint density at radius 1 is 0.538 bits per heavy atom. The number of nitrogens with one attached hydrogen (secondary N) is 1. The molecule has 0 spiro atoms. The quantitative estimate of drug-likeness (QED) is 0.216. The van der Waals surface area contributed by atoms with Crippen LogP contribution < -0.4 is 0 Å². The van der Waals surface area contributed by atoms with Gasteiger partial charge in [-0.05, 0) is 75.4 Å². The third kappa shape index (κ3) is 7.00. The second kappa shape index (κ2) is 10.8. The van der Waals surface area contributed by atoms with Crippen molar-refractivity contribution in [2.24, 2.45) is 0 Å². The Morgan fingerprint density at radius 3 is 1.74 bits per heavy atom. The zero-order chi connectivity index (χ0) is 28.4. The van der Waals surface area contributed by atoms with Gasteiger partial charge in [0.1, 0.15) is 11.2 Å². The number of aromatic nitrogens is 2. The fourth-order valence-corrected chi connectivity index (χ4v) is 4.26. The van der Waals surface area contributed by atoms with Crippen LogP contribution in [0.2, 0.25) is 0 Å². The summed E-state index contributed by atoms with van der Waals surface area (Å²) in [5.41, 5.74) is 8.72. The number of rotatable bonds is 0. The molecule has 4 nitrogen and oxygen atoms in total. The molecule has 0 atom stereocenters. The molecule has 0 aliphatic rings. The minimum absolute atomic E-state index is 0.195. The van der Waals surface area contributed by atoms with E-state index >= 15 is 0 Å². The molecule has 0 aliphatic heterocycles. The van der Waals surface area contributed by atoms with E-state index in [0.29, 0.717) is 0 Å². The van der Waals surface area contributed by atoms with Gasteiger partial charge in [0, 0.05) is 10.8 Å². The van der Waals surface area contributed by atoms with Crippen LogP contribution in [0.4, 0.5) is 0 Å². The summed E-state index contributed by atoms with van der Waals surface area (Å²) in [6.07, 6.45) is 5.20. The maximum absolute atomic E-state index is 5.35. The molecule has 0 bridgehead atoms. The zero-order valence-electron chi connectivity index (χ0n) is 24.8. The summed E-state index contributed by atoms with van der Waals surface area (Å²) < 4.78 is 10.6. The van der Waals surface area contributed by atoms with Crippen LogP contribution in [0.5, 0.6) is 0 Å². The molecular formula is C35H42N2O2. The SMILES string of the molecule is CC(C)(C)c1ccc2ccoc2c1.CC(C)(C)c1ccc2nc[nH]c2c1.CC(C)(C)c1ccc2occc2c1. The van der Waals surface area contributed by atoms with E-state index in [1.165, 1.54) is 27.5 Å². The molecule has 4 heteroatoms. The van der Waals surface area contributed by atoms with Crippen LogP contribution in [0.1, 0.15) is 79.0 Å². The average Bonchev–Trinajstić information content (AvgIpc) is 3.62.